The molecule has 4 bridgehead atoms. The van der Waals surface area contributed by atoms with Crippen molar-refractivity contribution in [2.45, 2.75) is 58.8 Å². The van der Waals surface area contributed by atoms with Crippen LogP contribution < -0.4 is 5.32 Å². The first-order chi connectivity index (χ1) is 8.00. The molecule has 0 heterocycles. The van der Waals surface area contributed by atoms with E-state index in [0.717, 1.165) is 23.2 Å². The van der Waals surface area contributed by atoms with Gasteiger partial charge in [0.1, 0.15) is 0 Å². The molecule has 4 rings (SSSR count). The third-order valence-electron chi connectivity index (χ3n) is 5.67. The fraction of sp³-hybridized carbons (Fsp3) is 1.00. The zero-order chi connectivity index (χ0) is 12.1. The van der Waals surface area contributed by atoms with Gasteiger partial charge >= 0.3 is 0 Å². The van der Waals surface area contributed by atoms with E-state index in [1.807, 2.05) is 0 Å². The highest BCUT2D eigenvalue weighted by molar-refractivity contribution is 5.03. The maximum absolute atomic E-state index is 3.39. The monoisotopic (exact) mass is 235 g/mol. The fourth-order valence-electron chi connectivity index (χ4n) is 6.06. The normalized spacial score (nSPS) is 44.3. The quantitative estimate of drug-likeness (QED) is 0.780. The van der Waals surface area contributed by atoms with Crippen molar-refractivity contribution in [3.63, 3.8) is 0 Å². The lowest BCUT2D eigenvalue weighted by Gasteiger charge is -2.58. The number of rotatable bonds is 4. The van der Waals surface area contributed by atoms with Crippen LogP contribution >= 0.6 is 0 Å². The zero-order valence-electron chi connectivity index (χ0n) is 11.9. The summed E-state index contributed by atoms with van der Waals surface area (Å²) in [6.07, 6.45) is 10.9. The van der Waals surface area contributed by atoms with Gasteiger partial charge in [0, 0.05) is 0 Å². The van der Waals surface area contributed by atoms with Crippen LogP contribution in [0.4, 0.5) is 0 Å². The van der Waals surface area contributed by atoms with Crippen molar-refractivity contribution in [1.29, 1.82) is 0 Å². The standard InChI is InChI=1S/C16H29N/c1-15(2,11-17-3)10-16-7-12-4-13(8-16)6-14(5-12)9-16/h12-14,17H,4-11H2,1-3H3. The lowest BCUT2D eigenvalue weighted by atomic mass is 9.47. The Morgan fingerprint density at radius 3 is 1.88 bits per heavy atom. The van der Waals surface area contributed by atoms with E-state index in [0.29, 0.717) is 5.41 Å². The van der Waals surface area contributed by atoms with Crippen LogP contribution in [-0.4, -0.2) is 13.6 Å². The van der Waals surface area contributed by atoms with E-state index in [9.17, 15) is 0 Å². The number of nitrogens with one attached hydrogen (secondary N) is 1. The van der Waals surface area contributed by atoms with Crippen LogP contribution in [0.15, 0.2) is 0 Å². The first-order valence-electron chi connectivity index (χ1n) is 7.65. The molecule has 4 aliphatic rings. The van der Waals surface area contributed by atoms with E-state index < -0.39 is 0 Å². The van der Waals surface area contributed by atoms with Gasteiger partial charge < -0.3 is 5.32 Å². The molecule has 0 atom stereocenters. The van der Waals surface area contributed by atoms with Crippen molar-refractivity contribution in [2.24, 2.45) is 28.6 Å². The molecule has 0 aliphatic heterocycles. The summed E-state index contributed by atoms with van der Waals surface area (Å²) in [5.41, 5.74) is 1.23. The van der Waals surface area contributed by atoms with Crippen molar-refractivity contribution in [2.75, 3.05) is 13.6 Å². The summed E-state index contributed by atoms with van der Waals surface area (Å²) in [4.78, 5) is 0. The Hall–Kier alpha value is -0.0400. The average molecular weight is 235 g/mol. The summed E-state index contributed by atoms with van der Waals surface area (Å²) >= 11 is 0. The van der Waals surface area contributed by atoms with E-state index >= 15 is 0 Å². The van der Waals surface area contributed by atoms with Crippen LogP contribution in [0.1, 0.15) is 58.8 Å². The van der Waals surface area contributed by atoms with Crippen molar-refractivity contribution in [3.05, 3.63) is 0 Å². The molecule has 0 saturated heterocycles. The van der Waals surface area contributed by atoms with Gasteiger partial charge in [0.15, 0.2) is 0 Å². The maximum atomic E-state index is 3.39. The zero-order valence-corrected chi connectivity index (χ0v) is 11.9. The molecule has 0 aromatic rings. The third kappa shape index (κ3) is 2.28. The predicted molar refractivity (Wildman–Crippen MR) is 72.9 cm³/mol. The summed E-state index contributed by atoms with van der Waals surface area (Å²) < 4.78 is 0. The van der Waals surface area contributed by atoms with Gasteiger partial charge in [-0.1, -0.05) is 13.8 Å². The summed E-state index contributed by atoms with van der Waals surface area (Å²) in [6.45, 7) is 6.10. The maximum Gasteiger partial charge on any atom is -0.0000282 e. The first kappa shape index (κ1) is 12.0. The smallest absolute Gasteiger partial charge is 0.0000282 e. The van der Waals surface area contributed by atoms with Crippen molar-refractivity contribution in [3.8, 4) is 0 Å². The minimum absolute atomic E-state index is 0.487. The van der Waals surface area contributed by atoms with Crippen LogP contribution in [0.3, 0.4) is 0 Å². The van der Waals surface area contributed by atoms with Gasteiger partial charge in [-0.3, -0.25) is 0 Å². The van der Waals surface area contributed by atoms with Gasteiger partial charge in [-0.2, -0.15) is 0 Å². The SMILES string of the molecule is CNCC(C)(C)CC12CC3CC(CC(C3)C1)C2. The Labute approximate surface area is 107 Å². The molecule has 4 fully saturated rings. The molecule has 98 valence electrons. The van der Waals surface area contributed by atoms with E-state index in [-0.39, 0.29) is 0 Å². The van der Waals surface area contributed by atoms with Crippen LogP contribution in [0.2, 0.25) is 0 Å². The van der Waals surface area contributed by atoms with Gasteiger partial charge in [-0.25, -0.2) is 0 Å². The number of hydrogen-bond acceptors (Lipinski definition) is 1. The van der Waals surface area contributed by atoms with Crippen molar-refractivity contribution < 1.29 is 0 Å². The second kappa shape index (κ2) is 3.98. The van der Waals surface area contributed by atoms with Gasteiger partial charge in [0.2, 0.25) is 0 Å². The molecular weight excluding hydrogens is 206 g/mol. The Bertz CT molecular complexity index is 257. The molecule has 0 amide bonds. The number of hydrogen-bond donors (Lipinski definition) is 1. The van der Waals surface area contributed by atoms with E-state index in [1.165, 1.54) is 13.0 Å². The van der Waals surface area contributed by atoms with Gasteiger partial charge in [-0.15, -0.1) is 0 Å². The Balaban J connectivity index is 1.74. The van der Waals surface area contributed by atoms with Crippen molar-refractivity contribution >= 4 is 0 Å². The fourth-order valence-corrected chi connectivity index (χ4v) is 6.06. The van der Waals surface area contributed by atoms with Gasteiger partial charge in [0.05, 0.1) is 0 Å². The summed E-state index contributed by atoms with van der Waals surface area (Å²) in [6, 6.07) is 0. The summed E-state index contributed by atoms with van der Waals surface area (Å²) in [5.74, 6) is 3.31. The first-order valence-corrected chi connectivity index (χ1v) is 7.65. The Kier molecular flexibility index (Phi) is 2.81. The molecule has 17 heavy (non-hydrogen) atoms. The second-order valence-electron chi connectivity index (χ2n) is 8.29. The molecule has 1 N–H and O–H groups in total. The van der Waals surface area contributed by atoms with Crippen LogP contribution in [0.25, 0.3) is 0 Å². The summed E-state index contributed by atoms with van der Waals surface area (Å²) in [5, 5.41) is 3.39. The van der Waals surface area contributed by atoms with Crippen molar-refractivity contribution in [1.82, 2.24) is 5.32 Å². The molecule has 4 saturated carbocycles. The highest BCUT2D eigenvalue weighted by atomic mass is 14.8. The van der Waals surface area contributed by atoms with Crippen LogP contribution in [0.5, 0.6) is 0 Å². The van der Waals surface area contributed by atoms with Gasteiger partial charge in [-0.05, 0) is 87.1 Å². The van der Waals surface area contributed by atoms with E-state index in [1.54, 1.807) is 38.5 Å². The Morgan fingerprint density at radius 1 is 1.00 bits per heavy atom. The molecule has 1 nitrogen and oxygen atoms in total. The molecule has 0 aromatic heterocycles. The van der Waals surface area contributed by atoms with Gasteiger partial charge in [0.25, 0.3) is 0 Å². The van der Waals surface area contributed by atoms with Crippen LogP contribution in [0, 0.1) is 28.6 Å². The molecule has 0 aromatic carbocycles. The molecule has 0 spiro atoms. The second-order valence-corrected chi connectivity index (χ2v) is 8.29. The highest BCUT2D eigenvalue weighted by Gasteiger charge is 2.51. The molecular formula is C16H29N. The largest absolute Gasteiger partial charge is 0.319 e. The molecule has 1 heteroatoms. The summed E-state index contributed by atoms with van der Waals surface area (Å²) in [7, 11) is 2.10. The lowest BCUT2D eigenvalue weighted by Crippen LogP contribution is -2.48. The Morgan fingerprint density at radius 2 is 1.47 bits per heavy atom. The molecule has 0 radical (unpaired) electrons. The topological polar surface area (TPSA) is 12.0 Å². The minimum Gasteiger partial charge on any atom is -0.319 e. The lowest BCUT2D eigenvalue weighted by molar-refractivity contribution is -0.0738. The van der Waals surface area contributed by atoms with E-state index in [4.69, 9.17) is 0 Å². The average Bonchev–Trinajstić information content (AvgIpc) is 2.11. The molecule has 4 aliphatic carbocycles. The predicted octanol–water partition coefficient (Wildman–Crippen LogP) is 3.84. The minimum atomic E-state index is 0.487. The van der Waals surface area contributed by atoms with E-state index in [2.05, 4.69) is 26.2 Å². The third-order valence-corrected chi connectivity index (χ3v) is 5.67. The van der Waals surface area contributed by atoms with Crippen LogP contribution in [-0.2, 0) is 0 Å². The molecule has 0 unspecified atom stereocenters. The highest BCUT2D eigenvalue weighted by Crippen LogP contribution is 2.62.